The summed E-state index contributed by atoms with van der Waals surface area (Å²) >= 11 is 0. The summed E-state index contributed by atoms with van der Waals surface area (Å²) in [6.07, 6.45) is 3.33. The van der Waals surface area contributed by atoms with Crippen molar-refractivity contribution in [1.29, 1.82) is 0 Å². The van der Waals surface area contributed by atoms with Gasteiger partial charge in [0.2, 0.25) is 0 Å². The zero-order valence-corrected chi connectivity index (χ0v) is 22.8. The lowest BCUT2D eigenvalue weighted by atomic mass is 9.95. The molecule has 0 aromatic heterocycles. The van der Waals surface area contributed by atoms with E-state index >= 15 is 0 Å². The maximum Gasteiger partial charge on any atom is 0.295 e. The molecule has 1 aliphatic heterocycles. The van der Waals surface area contributed by atoms with Crippen molar-refractivity contribution >= 4 is 17.4 Å². The third-order valence-corrected chi connectivity index (χ3v) is 6.23. The van der Waals surface area contributed by atoms with Crippen LogP contribution in [0.25, 0.3) is 5.76 Å². The summed E-state index contributed by atoms with van der Waals surface area (Å²) in [6.45, 7) is 8.29. The van der Waals surface area contributed by atoms with Crippen LogP contribution in [0.4, 0.5) is 0 Å². The molecule has 38 heavy (non-hydrogen) atoms. The molecule has 2 aromatic rings. The third-order valence-electron chi connectivity index (χ3n) is 6.23. The second kappa shape index (κ2) is 14.4. The molecular formula is C30H39NO7. The van der Waals surface area contributed by atoms with Gasteiger partial charge in [0.15, 0.2) is 11.5 Å². The first-order chi connectivity index (χ1) is 18.5. The maximum absolute atomic E-state index is 13.3. The van der Waals surface area contributed by atoms with E-state index in [1.54, 1.807) is 43.5 Å². The number of hydrogen-bond donors (Lipinski definition) is 1. The summed E-state index contributed by atoms with van der Waals surface area (Å²) in [4.78, 5) is 27.9. The first-order valence-electron chi connectivity index (χ1n) is 13.4. The molecule has 206 valence electrons. The van der Waals surface area contributed by atoms with E-state index in [2.05, 4.69) is 6.92 Å². The molecule has 8 heteroatoms. The maximum atomic E-state index is 13.3. The number of amides is 1. The number of rotatable bonds is 15. The number of hydrogen-bond acceptors (Lipinski definition) is 7. The molecule has 0 bridgehead atoms. The van der Waals surface area contributed by atoms with Gasteiger partial charge >= 0.3 is 0 Å². The predicted octanol–water partition coefficient (Wildman–Crippen LogP) is 5.51. The number of Topliss-reactive ketones (excluding diaryl/α,β-unsaturated/α-hetero) is 1. The van der Waals surface area contributed by atoms with Crippen LogP contribution in [0, 0.1) is 0 Å². The summed E-state index contributed by atoms with van der Waals surface area (Å²) in [6, 6.07) is 11.5. The second-order valence-corrected chi connectivity index (χ2v) is 9.05. The molecule has 0 spiro atoms. The fourth-order valence-corrected chi connectivity index (χ4v) is 4.33. The molecule has 1 amide bonds. The number of aliphatic hydroxyl groups excluding tert-OH is 1. The van der Waals surface area contributed by atoms with Gasteiger partial charge < -0.3 is 29.0 Å². The van der Waals surface area contributed by atoms with Gasteiger partial charge in [-0.1, -0.05) is 26.3 Å². The molecule has 2 aromatic carbocycles. The van der Waals surface area contributed by atoms with E-state index in [1.165, 1.54) is 4.90 Å². The number of ether oxygens (including phenoxy) is 4. The van der Waals surface area contributed by atoms with Crippen LogP contribution in [0.15, 0.2) is 48.0 Å². The van der Waals surface area contributed by atoms with Crippen LogP contribution in [-0.2, 0) is 14.3 Å². The minimum atomic E-state index is -0.785. The number of nitrogens with zero attached hydrogens (tertiary/aromatic N) is 1. The summed E-state index contributed by atoms with van der Waals surface area (Å²) in [5.74, 6) is 0.184. The summed E-state index contributed by atoms with van der Waals surface area (Å²) in [5, 5.41) is 11.3. The molecule has 1 unspecified atom stereocenters. The van der Waals surface area contributed by atoms with Crippen molar-refractivity contribution in [2.24, 2.45) is 0 Å². The fourth-order valence-electron chi connectivity index (χ4n) is 4.33. The Bertz CT molecular complexity index is 1110. The van der Waals surface area contributed by atoms with Gasteiger partial charge in [0.05, 0.1) is 31.4 Å². The van der Waals surface area contributed by atoms with Crippen LogP contribution < -0.4 is 14.2 Å². The zero-order valence-electron chi connectivity index (χ0n) is 22.8. The molecule has 3 rings (SSSR count). The van der Waals surface area contributed by atoms with E-state index in [0.717, 1.165) is 19.3 Å². The van der Waals surface area contributed by atoms with Crippen molar-refractivity contribution in [2.75, 3.05) is 40.1 Å². The van der Waals surface area contributed by atoms with E-state index in [4.69, 9.17) is 18.9 Å². The fraction of sp³-hybridized carbons (Fsp3) is 0.467. The van der Waals surface area contributed by atoms with Crippen molar-refractivity contribution in [3.63, 3.8) is 0 Å². The summed E-state index contributed by atoms with van der Waals surface area (Å²) < 4.78 is 22.6. The smallest absolute Gasteiger partial charge is 0.295 e. The standard InChI is InChI=1S/C30H39NO7/c1-5-8-19-38-24-15-12-22(20-25(24)36-7-3)27-26(29(33)30(34)31(27)16-9-18-35-4)28(32)21-10-13-23(14-11-21)37-17-6-2/h10-15,20,27,32H,5-9,16-19H2,1-4H3/b28-26+. The largest absolute Gasteiger partial charge is 0.507 e. The SMILES string of the molecule is CCCCOc1ccc(C2/C(=C(\O)c3ccc(OCCC)cc3)C(=O)C(=O)N2CCCOC)cc1OCC. The Morgan fingerprint density at radius 2 is 1.63 bits per heavy atom. The van der Waals surface area contributed by atoms with Crippen molar-refractivity contribution in [2.45, 2.75) is 52.5 Å². The Morgan fingerprint density at radius 3 is 2.29 bits per heavy atom. The lowest BCUT2D eigenvalue weighted by molar-refractivity contribution is -0.140. The highest BCUT2D eigenvalue weighted by Crippen LogP contribution is 2.42. The van der Waals surface area contributed by atoms with E-state index in [0.29, 0.717) is 67.8 Å². The minimum absolute atomic E-state index is 0.0387. The van der Waals surface area contributed by atoms with Gasteiger partial charge in [-0.25, -0.2) is 0 Å². The average molecular weight is 526 g/mol. The lowest BCUT2D eigenvalue weighted by Crippen LogP contribution is -2.31. The lowest BCUT2D eigenvalue weighted by Gasteiger charge is -2.26. The Hall–Kier alpha value is -3.52. The molecule has 0 saturated carbocycles. The highest BCUT2D eigenvalue weighted by molar-refractivity contribution is 6.46. The average Bonchev–Trinajstić information content (AvgIpc) is 3.18. The highest BCUT2D eigenvalue weighted by Gasteiger charge is 2.46. The molecular weight excluding hydrogens is 486 g/mol. The van der Waals surface area contributed by atoms with E-state index in [-0.39, 0.29) is 11.3 Å². The monoisotopic (exact) mass is 525 g/mol. The van der Waals surface area contributed by atoms with Crippen LogP contribution in [0.2, 0.25) is 0 Å². The Morgan fingerprint density at radius 1 is 0.868 bits per heavy atom. The van der Waals surface area contributed by atoms with Gasteiger partial charge in [-0.15, -0.1) is 0 Å². The van der Waals surface area contributed by atoms with Crippen molar-refractivity contribution in [1.82, 2.24) is 4.90 Å². The van der Waals surface area contributed by atoms with Crippen LogP contribution in [-0.4, -0.2) is 61.8 Å². The quantitative estimate of drug-likeness (QED) is 0.142. The molecule has 1 fully saturated rings. The van der Waals surface area contributed by atoms with E-state index in [9.17, 15) is 14.7 Å². The minimum Gasteiger partial charge on any atom is -0.507 e. The topological polar surface area (TPSA) is 94.5 Å². The molecule has 1 heterocycles. The number of carbonyl (C=O) groups is 2. The zero-order chi connectivity index (χ0) is 27.5. The van der Waals surface area contributed by atoms with Gasteiger partial charge in [0.25, 0.3) is 11.7 Å². The second-order valence-electron chi connectivity index (χ2n) is 9.05. The van der Waals surface area contributed by atoms with Crippen LogP contribution >= 0.6 is 0 Å². The number of likely N-dealkylation sites (tertiary alicyclic amines) is 1. The Labute approximate surface area is 225 Å². The van der Waals surface area contributed by atoms with Gasteiger partial charge in [-0.2, -0.15) is 0 Å². The number of benzene rings is 2. The van der Waals surface area contributed by atoms with Gasteiger partial charge in [-0.05, 0) is 68.1 Å². The summed E-state index contributed by atoms with van der Waals surface area (Å²) in [5.41, 5.74) is 1.12. The molecule has 1 aliphatic rings. The molecule has 1 N–H and O–H groups in total. The number of methoxy groups -OCH3 is 1. The van der Waals surface area contributed by atoms with Crippen LogP contribution in [0.1, 0.15) is 63.6 Å². The molecule has 0 radical (unpaired) electrons. The Kier molecular flexibility index (Phi) is 11.0. The van der Waals surface area contributed by atoms with Crippen LogP contribution in [0.3, 0.4) is 0 Å². The van der Waals surface area contributed by atoms with Crippen molar-refractivity contribution < 1.29 is 33.6 Å². The number of carbonyl (C=O) groups excluding carboxylic acids is 2. The third kappa shape index (κ3) is 6.86. The van der Waals surface area contributed by atoms with Crippen molar-refractivity contribution in [3.05, 3.63) is 59.2 Å². The van der Waals surface area contributed by atoms with E-state index in [1.807, 2.05) is 19.9 Å². The number of aliphatic hydroxyl groups is 1. The first kappa shape index (κ1) is 29.0. The van der Waals surface area contributed by atoms with Crippen LogP contribution in [0.5, 0.6) is 17.2 Å². The first-order valence-corrected chi connectivity index (χ1v) is 13.4. The molecule has 0 aliphatic carbocycles. The predicted molar refractivity (Wildman–Crippen MR) is 146 cm³/mol. The number of ketones is 1. The summed E-state index contributed by atoms with van der Waals surface area (Å²) in [7, 11) is 1.59. The Balaban J connectivity index is 2.06. The van der Waals surface area contributed by atoms with E-state index < -0.39 is 17.7 Å². The highest BCUT2D eigenvalue weighted by atomic mass is 16.5. The van der Waals surface area contributed by atoms with Crippen molar-refractivity contribution in [3.8, 4) is 17.2 Å². The van der Waals surface area contributed by atoms with Gasteiger partial charge in [0.1, 0.15) is 11.5 Å². The molecule has 1 saturated heterocycles. The van der Waals surface area contributed by atoms with Gasteiger partial charge in [0, 0.05) is 25.8 Å². The molecule has 8 nitrogen and oxygen atoms in total. The molecule has 1 atom stereocenters. The normalized spacial score (nSPS) is 16.6. The number of unbranched alkanes of at least 4 members (excludes halogenated alkanes) is 1. The van der Waals surface area contributed by atoms with Gasteiger partial charge in [-0.3, -0.25) is 9.59 Å².